The van der Waals surface area contributed by atoms with E-state index in [2.05, 4.69) is 22.6 Å². The summed E-state index contributed by atoms with van der Waals surface area (Å²) >= 11 is 2.17. The first-order valence-corrected chi connectivity index (χ1v) is 4.37. The molecule has 0 fully saturated rings. The molecule has 1 atom stereocenters. The average molecular weight is 252 g/mol. The van der Waals surface area contributed by atoms with Crippen molar-refractivity contribution < 1.29 is 9.53 Å². The maximum absolute atomic E-state index is 10.7. The summed E-state index contributed by atoms with van der Waals surface area (Å²) in [7, 11) is 0. The van der Waals surface area contributed by atoms with E-state index in [4.69, 9.17) is 4.74 Å². The summed E-state index contributed by atoms with van der Waals surface area (Å²) < 4.78 is 6.08. The van der Waals surface area contributed by atoms with E-state index in [0.29, 0.717) is 0 Å². The summed E-state index contributed by atoms with van der Waals surface area (Å²) in [4.78, 5) is 10.7. The zero-order valence-electron chi connectivity index (χ0n) is 5.76. The van der Waals surface area contributed by atoms with Crippen LogP contribution in [0.5, 0.6) is 0 Å². The summed E-state index contributed by atoms with van der Waals surface area (Å²) in [6.45, 7) is 2.02. The fourth-order valence-corrected chi connectivity index (χ4v) is 1.62. The molecule has 2 nitrogen and oxygen atoms in total. The fraction of sp³-hybridized carbons (Fsp3) is 0.571. The molecule has 0 aromatic carbocycles. The van der Waals surface area contributed by atoms with E-state index in [1.54, 1.807) is 6.08 Å². The number of carbonyl (C=O) groups excluding carboxylic acids is 1. The van der Waals surface area contributed by atoms with Crippen LogP contribution < -0.4 is 0 Å². The summed E-state index contributed by atoms with van der Waals surface area (Å²) in [6.07, 6.45) is 3.46. The molecular formula is C7H9IO2. The maximum Gasteiger partial charge on any atom is 0.331 e. The fourth-order valence-electron chi connectivity index (χ4n) is 0.872. The van der Waals surface area contributed by atoms with Crippen molar-refractivity contribution in [2.75, 3.05) is 0 Å². The van der Waals surface area contributed by atoms with Gasteiger partial charge >= 0.3 is 5.97 Å². The number of hydrogen-bond acceptors (Lipinski definition) is 2. The van der Waals surface area contributed by atoms with Crippen molar-refractivity contribution in [2.45, 2.75) is 25.9 Å². The average Bonchev–Trinajstić information content (AvgIpc) is 1.85. The molecule has 0 bridgehead atoms. The van der Waals surface area contributed by atoms with Crippen LogP contribution in [0.3, 0.4) is 0 Å². The van der Waals surface area contributed by atoms with Crippen molar-refractivity contribution in [1.82, 2.24) is 0 Å². The van der Waals surface area contributed by atoms with Crippen molar-refractivity contribution in [3.8, 4) is 0 Å². The third-order valence-corrected chi connectivity index (χ3v) is 2.19. The van der Waals surface area contributed by atoms with Gasteiger partial charge in [0.15, 0.2) is 0 Å². The van der Waals surface area contributed by atoms with Gasteiger partial charge in [-0.05, 0) is 29.0 Å². The molecule has 0 spiro atoms. The van der Waals surface area contributed by atoms with Crippen LogP contribution in [0, 0.1) is 0 Å². The SMILES string of the molecule is CCC1CC(I)=CC(=O)O1. The highest BCUT2D eigenvalue weighted by atomic mass is 127. The smallest absolute Gasteiger partial charge is 0.331 e. The Labute approximate surface area is 73.8 Å². The van der Waals surface area contributed by atoms with E-state index in [1.807, 2.05) is 6.92 Å². The molecule has 56 valence electrons. The molecule has 0 N–H and O–H groups in total. The van der Waals surface area contributed by atoms with Crippen LogP contribution in [0.25, 0.3) is 0 Å². The van der Waals surface area contributed by atoms with E-state index in [0.717, 1.165) is 16.4 Å². The van der Waals surface area contributed by atoms with Crippen LogP contribution in [-0.2, 0) is 9.53 Å². The number of esters is 1. The second-order valence-corrected chi connectivity index (χ2v) is 3.65. The van der Waals surface area contributed by atoms with Crippen LogP contribution in [-0.4, -0.2) is 12.1 Å². The lowest BCUT2D eigenvalue weighted by molar-refractivity contribution is -0.144. The van der Waals surface area contributed by atoms with Gasteiger partial charge in [0.05, 0.1) is 0 Å². The lowest BCUT2D eigenvalue weighted by atomic mass is 10.1. The minimum atomic E-state index is -0.192. The molecule has 10 heavy (non-hydrogen) atoms. The van der Waals surface area contributed by atoms with E-state index in [9.17, 15) is 4.79 Å². The summed E-state index contributed by atoms with van der Waals surface area (Å²) in [5.74, 6) is -0.192. The molecular weight excluding hydrogens is 243 g/mol. The molecule has 1 aliphatic heterocycles. The third kappa shape index (κ3) is 1.97. The summed E-state index contributed by atoms with van der Waals surface area (Å²) in [5, 5.41) is 0. The molecule has 0 radical (unpaired) electrons. The monoisotopic (exact) mass is 252 g/mol. The molecule has 1 rings (SSSR count). The third-order valence-electron chi connectivity index (χ3n) is 1.44. The van der Waals surface area contributed by atoms with E-state index >= 15 is 0 Å². The van der Waals surface area contributed by atoms with Crippen LogP contribution in [0.2, 0.25) is 0 Å². The number of halogens is 1. The molecule has 0 aromatic heterocycles. The Morgan fingerprint density at radius 1 is 1.90 bits per heavy atom. The van der Waals surface area contributed by atoms with Crippen LogP contribution in [0.4, 0.5) is 0 Å². The van der Waals surface area contributed by atoms with Crippen LogP contribution in [0.15, 0.2) is 9.66 Å². The van der Waals surface area contributed by atoms with Gasteiger partial charge in [-0.1, -0.05) is 6.92 Å². The molecule has 0 amide bonds. The zero-order chi connectivity index (χ0) is 7.56. The molecule has 1 heterocycles. The molecule has 0 saturated heterocycles. The Balaban J connectivity index is 2.60. The molecule has 3 heteroatoms. The van der Waals surface area contributed by atoms with Gasteiger partial charge in [-0.3, -0.25) is 0 Å². The highest BCUT2D eigenvalue weighted by Gasteiger charge is 2.17. The summed E-state index contributed by atoms with van der Waals surface area (Å²) in [6, 6.07) is 0. The van der Waals surface area contributed by atoms with Gasteiger partial charge in [0, 0.05) is 16.1 Å². The second-order valence-electron chi connectivity index (χ2n) is 2.26. The van der Waals surface area contributed by atoms with Gasteiger partial charge in [0.1, 0.15) is 6.10 Å². The first-order valence-electron chi connectivity index (χ1n) is 3.29. The van der Waals surface area contributed by atoms with Crippen LogP contribution >= 0.6 is 22.6 Å². The number of ether oxygens (including phenoxy) is 1. The topological polar surface area (TPSA) is 26.3 Å². The predicted octanol–water partition coefficient (Wildman–Crippen LogP) is 2.03. The van der Waals surface area contributed by atoms with Crippen molar-refractivity contribution in [2.24, 2.45) is 0 Å². The van der Waals surface area contributed by atoms with Crippen molar-refractivity contribution in [1.29, 1.82) is 0 Å². The maximum atomic E-state index is 10.7. The van der Waals surface area contributed by atoms with Gasteiger partial charge in [-0.25, -0.2) is 4.79 Å². The number of rotatable bonds is 1. The number of hydrogen-bond donors (Lipinski definition) is 0. The number of carbonyl (C=O) groups is 1. The molecule has 0 aromatic rings. The van der Waals surface area contributed by atoms with Gasteiger partial charge in [-0.2, -0.15) is 0 Å². The Morgan fingerprint density at radius 2 is 2.60 bits per heavy atom. The number of cyclic esters (lactones) is 1. The van der Waals surface area contributed by atoms with Gasteiger partial charge in [0.2, 0.25) is 0 Å². The zero-order valence-corrected chi connectivity index (χ0v) is 7.92. The van der Waals surface area contributed by atoms with E-state index in [-0.39, 0.29) is 12.1 Å². The Kier molecular flexibility index (Phi) is 2.71. The van der Waals surface area contributed by atoms with E-state index < -0.39 is 0 Å². The highest BCUT2D eigenvalue weighted by Crippen LogP contribution is 2.22. The predicted molar refractivity (Wildman–Crippen MR) is 46.9 cm³/mol. The first-order chi connectivity index (χ1) is 4.72. The lowest BCUT2D eigenvalue weighted by Gasteiger charge is -2.18. The van der Waals surface area contributed by atoms with Crippen molar-refractivity contribution >= 4 is 28.6 Å². The molecule has 0 saturated carbocycles. The van der Waals surface area contributed by atoms with Crippen molar-refractivity contribution in [3.63, 3.8) is 0 Å². The lowest BCUT2D eigenvalue weighted by Crippen LogP contribution is -2.20. The highest BCUT2D eigenvalue weighted by molar-refractivity contribution is 14.1. The van der Waals surface area contributed by atoms with Gasteiger partial charge in [-0.15, -0.1) is 0 Å². The first kappa shape index (κ1) is 8.04. The Bertz CT molecular complexity index is 174. The standard InChI is InChI=1S/C7H9IO2/c1-2-6-3-5(8)4-7(9)10-6/h4,6H,2-3H2,1H3. The van der Waals surface area contributed by atoms with Crippen LogP contribution in [0.1, 0.15) is 19.8 Å². The quantitative estimate of drug-likeness (QED) is 0.527. The summed E-state index contributed by atoms with van der Waals surface area (Å²) in [5.41, 5.74) is 0. The minimum absolute atomic E-state index is 0.115. The Morgan fingerprint density at radius 3 is 3.10 bits per heavy atom. The normalized spacial score (nSPS) is 25.6. The molecule has 1 aliphatic rings. The van der Waals surface area contributed by atoms with E-state index in [1.165, 1.54) is 0 Å². The van der Waals surface area contributed by atoms with Crippen molar-refractivity contribution in [3.05, 3.63) is 9.66 Å². The molecule has 1 unspecified atom stereocenters. The second kappa shape index (κ2) is 3.37. The largest absolute Gasteiger partial charge is 0.459 e. The van der Waals surface area contributed by atoms with Gasteiger partial charge < -0.3 is 4.74 Å². The Hall–Kier alpha value is -0.0600. The van der Waals surface area contributed by atoms with Gasteiger partial charge in [0.25, 0.3) is 0 Å². The minimum Gasteiger partial charge on any atom is -0.459 e. The molecule has 0 aliphatic carbocycles.